The molecule has 0 saturated carbocycles. The Kier molecular flexibility index (Phi) is 40.9. The molecule has 0 atom stereocenters. The van der Waals surface area contributed by atoms with Crippen molar-refractivity contribution >= 4 is 260 Å². The second-order valence-electron chi connectivity index (χ2n) is 30.9. The summed E-state index contributed by atoms with van der Waals surface area (Å²) in [7, 11) is -1.54. The molecule has 0 saturated heterocycles. The van der Waals surface area contributed by atoms with Gasteiger partial charge in [-0.05, 0) is 253 Å². The third-order valence-electron chi connectivity index (χ3n) is 17.6. The lowest BCUT2D eigenvalue weighted by Gasteiger charge is -2.15. The van der Waals surface area contributed by atoms with Crippen molar-refractivity contribution in [2.75, 3.05) is 72.7 Å². The SMILES string of the molecule is CC(C)(I)C(=O)OCCC(=O)Oc1cccc(-[s+]2c3ccccc3c3ccccc32)c1.CC(C)(I)C(=O)OCCOC(=O)c1ccc([S+](c2ccc(C(=O)OCCOC(=O)C(C)(C)I)cc2)c2ccc(C(=O)OCCOC(=O)C(C)(C)I)cc2)cc1.CC(C)(I)C(=O)OCCOC(=O)c1ccc([S+](c2ccccc2)c2ccc(C(=O)OCCOC(=O)C(C)(C)I)cc2)cc1. The van der Waals surface area contributed by atoms with Gasteiger partial charge >= 0.3 is 71.6 Å². The summed E-state index contributed by atoms with van der Waals surface area (Å²) in [5, 5.41) is 2.51. The average Bonchev–Trinajstić information content (AvgIpc) is 1.60. The largest absolute Gasteiger partial charge is 0.464 e. The van der Waals surface area contributed by atoms with E-state index in [1.807, 2.05) is 202 Å². The van der Waals surface area contributed by atoms with Gasteiger partial charge in [-0.3, -0.25) is 33.6 Å². The van der Waals surface area contributed by atoms with Crippen LogP contribution in [0.1, 0.15) is 141 Å². The molecule has 24 nitrogen and oxygen atoms in total. The first-order valence-corrected chi connectivity index (χ1v) is 50.2. The number of esters is 12. The van der Waals surface area contributed by atoms with Crippen molar-refractivity contribution in [2.45, 2.75) is 139 Å². The molecule has 1 heterocycles. The summed E-state index contributed by atoms with van der Waals surface area (Å²) in [4.78, 5) is 154. The fraction of sp³-hybridized carbons (Fsp3) is 0.312. The summed E-state index contributed by atoms with van der Waals surface area (Å²) < 4.78 is 61.4. The molecule has 10 rings (SSSR count). The van der Waals surface area contributed by atoms with Crippen LogP contribution in [0.5, 0.6) is 5.75 Å². The van der Waals surface area contributed by atoms with Gasteiger partial charge in [-0.2, -0.15) is 0 Å². The number of ether oxygens (including phenoxy) is 12. The minimum atomic E-state index is -0.772. The Morgan fingerprint density at radius 1 is 0.256 bits per heavy atom. The topological polar surface area (TPSA) is 316 Å². The zero-order valence-corrected chi connectivity index (χ0v) is 88.0. The molecule has 682 valence electrons. The van der Waals surface area contributed by atoms with Crippen molar-refractivity contribution in [3.05, 3.63) is 252 Å². The van der Waals surface area contributed by atoms with Gasteiger partial charge in [-0.15, -0.1) is 0 Å². The van der Waals surface area contributed by atoms with Crippen molar-refractivity contribution < 1.29 is 114 Å². The summed E-state index contributed by atoms with van der Waals surface area (Å²) in [6.45, 7) is 20.2. The van der Waals surface area contributed by atoms with E-state index in [4.69, 9.17) is 56.8 Å². The fourth-order valence-corrected chi connectivity index (χ4v) is 18.4. The molecule has 0 bridgehead atoms. The number of hydrogen-bond donors (Lipinski definition) is 0. The third-order valence-corrected chi connectivity index (χ3v) is 27.0. The Morgan fingerprint density at radius 3 is 0.736 bits per heavy atom. The number of alkyl halides is 6. The number of rotatable bonds is 37. The van der Waals surface area contributed by atoms with Crippen molar-refractivity contribution in [1.29, 1.82) is 0 Å². The molecule has 10 aromatic rings. The minimum Gasteiger partial charge on any atom is -0.464 e. The van der Waals surface area contributed by atoms with Crippen molar-refractivity contribution in [3.63, 3.8) is 0 Å². The molecular weight excluding hydrogens is 2390 g/mol. The van der Waals surface area contributed by atoms with Gasteiger partial charge in [0.1, 0.15) is 99.0 Å². The lowest BCUT2D eigenvalue weighted by molar-refractivity contribution is -0.148. The van der Waals surface area contributed by atoms with Gasteiger partial charge in [0.2, 0.25) is 0 Å². The monoisotopic (exact) mass is 2490 g/mol. The van der Waals surface area contributed by atoms with Crippen LogP contribution in [0.3, 0.4) is 0 Å². The number of carbonyl (C=O) groups is 12. The van der Waals surface area contributed by atoms with E-state index in [1.165, 1.54) is 20.2 Å². The maximum Gasteiger partial charge on any atom is 0.338 e. The van der Waals surface area contributed by atoms with Gasteiger partial charge in [-0.1, -0.05) is 184 Å². The van der Waals surface area contributed by atoms with Gasteiger partial charge in [0.25, 0.3) is 0 Å². The predicted octanol–water partition coefficient (Wildman–Crippen LogP) is 20.9. The van der Waals surface area contributed by atoms with E-state index in [0.717, 1.165) is 34.3 Å². The molecule has 0 unspecified atom stereocenters. The van der Waals surface area contributed by atoms with E-state index < -0.39 is 96.0 Å². The Labute approximate surface area is 839 Å². The predicted molar refractivity (Wildman–Crippen MR) is 544 cm³/mol. The van der Waals surface area contributed by atoms with Gasteiger partial charge in [0.15, 0.2) is 43.7 Å². The van der Waals surface area contributed by atoms with Crippen molar-refractivity contribution in [1.82, 2.24) is 0 Å². The van der Waals surface area contributed by atoms with Crippen LogP contribution >= 0.6 is 146 Å². The molecule has 0 amide bonds. The number of benzene rings is 9. The van der Waals surface area contributed by atoms with E-state index in [1.54, 1.807) is 186 Å². The van der Waals surface area contributed by atoms with Crippen LogP contribution in [-0.2, 0) is 107 Å². The first kappa shape index (κ1) is 106. The Balaban J connectivity index is 0.000000248. The summed E-state index contributed by atoms with van der Waals surface area (Å²) in [5.74, 6) is -5.00. The minimum absolute atomic E-state index is 0.00884. The lowest BCUT2D eigenvalue weighted by Crippen LogP contribution is -2.28. The van der Waals surface area contributed by atoms with E-state index in [9.17, 15) is 57.5 Å². The standard InChI is InChI=1S/C39H42I3O12S.C32H33I2O8S.C25H22IO4S/c1-37(2,40)34(46)52-22-19-49-31(43)25-7-13-28(14-8-25)55(29-15-9-26(10-16-29)32(44)50-20-23-53-35(47)38(3,4)41)30-17-11-27(12-18-30)33(45)51-21-24-54-36(48)39(5,6)42;1-31(2,33)29(37)41-20-18-39-27(35)22-10-14-25(15-11-22)43(24-8-6-5-7-9-24)26-16-12-23(13-17-26)28(36)40-19-21-42-30(38)32(3,4)34;1-25(2,26)24(28)29-15-14-23(27)30-17-8-7-9-18(16-17)31-21-12-5-3-10-19(21)20-11-4-6-13-22(20)31/h7-18H,19-24H2,1-6H3;5-17H,18-21H2,1-4H3;3-13,16H,14-15H2,1-2H3/q3*+1. The Morgan fingerprint density at radius 2 is 0.481 bits per heavy atom. The number of fused-ring (bicyclic) bond motifs is 3. The number of carbonyl (C=O) groups excluding carboxylic acids is 12. The van der Waals surface area contributed by atoms with Crippen LogP contribution in [-0.4, -0.2) is 165 Å². The van der Waals surface area contributed by atoms with E-state index in [-0.39, 0.29) is 107 Å². The zero-order chi connectivity index (χ0) is 94.6. The maximum absolute atomic E-state index is 12.8. The number of thiophene rings is 1. The molecule has 0 radical (unpaired) electrons. The van der Waals surface area contributed by atoms with Gasteiger partial charge in [0, 0.05) is 27.3 Å². The highest BCUT2D eigenvalue weighted by atomic mass is 127. The van der Waals surface area contributed by atoms with Crippen molar-refractivity contribution in [2.24, 2.45) is 0 Å². The lowest BCUT2D eigenvalue weighted by atomic mass is 10.2. The van der Waals surface area contributed by atoms with E-state index >= 15 is 0 Å². The molecule has 1 aromatic heterocycles. The zero-order valence-electron chi connectivity index (χ0n) is 72.6. The second-order valence-corrected chi connectivity index (χ2v) is 53.1. The molecule has 0 spiro atoms. The van der Waals surface area contributed by atoms with E-state index in [2.05, 4.69) is 54.6 Å². The molecule has 0 aliphatic rings. The highest BCUT2D eigenvalue weighted by Gasteiger charge is 2.36. The highest BCUT2D eigenvalue weighted by molar-refractivity contribution is 14.1. The molecule has 0 fully saturated rings. The van der Waals surface area contributed by atoms with Crippen LogP contribution in [0, 0.1) is 0 Å². The molecule has 9 aromatic carbocycles. The summed E-state index contributed by atoms with van der Waals surface area (Å²) >= 11 is 11.9. The fourth-order valence-electron chi connectivity index (χ4n) is 11.0. The van der Waals surface area contributed by atoms with Gasteiger partial charge < -0.3 is 56.8 Å². The molecule has 33 heteroatoms. The van der Waals surface area contributed by atoms with Gasteiger partial charge in [-0.25, -0.2) is 24.0 Å². The quantitative estimate of drug-likeness (QED) is 0.00664. The molecule has 0 N–H and O–H groups in total. The molecular formula is C96H97I6O24S3+3. The Bertz CT molecular complexity index is 5200. The van der Waals surface area contributed by atoms with Crippen LogP contribution in [0.4, 0.5) is 0 Å². The second kappa shape index (κ2) is 49.6. The summed E-state index contributed by atoms with van der Waals surface area (Å²) in [6, 6.07) is 69.4. The van der Waals surface area contributed by atoms with Gasteiger partial charge in [0.05, 0.1) is 56.0 Å². The summed E-state index contributed by atoms with van der Waals surface area (Å²) in [6.07, 6.45) is 0.0140. The molecule has 0 aliphatic heterocycles. The van der Waals surface area contributed by atoms with E-state index in [0.29, 0.717) is 33.6 Å². The molecule has 0 aliphatic carbocycles. The van der Waals surface area contributed by atoms with Crippen LogP contribution < -0.4 is 4.74 Å². The van der Waals surface area contributed by atoms with Crippen molar-refractivity contribution in [3.8, 4) is 10.6 Å². The highest BCUT2D eigenvalue weighted by Crippen LogP contribution is 2.49. The first-order chi connectivity index (χ1) is 60.8. The van der Waals surface area contributed by atoms with Crippen LogP contribution in [0.2, 0.25) is 0 Å². The third kappa shape index (κ3) is 33.6. The summed E-state index contributed by atoms with van der Waals surface area (Å²) in [5.41, 5.74) is 1.65. The Hall–Kier alpha value is -8.08. The normalized spacial score (nSPS) is 11.6. The average molecular weight is 2490 g/mol. The first-order valence-electron chi connectivity index (χ1n) is 40.1. The number of hydrogen-bond acceptors (Lipinski definition) is 24. The maximum atomic E-state index is 12.8. The smallest absolute Gasteiger partial charge is 0.338 e. The van der Waals surface area contributed by atoms with Crippen LogP contribution in [0.15, 0.2) is 254 Å². The molecule has 129 heavy (non-hydrogen) atoms. The van der Waals surface area contributed by atoms with Crippen LogP contribution in [0.25, 0.3) is 25.1 Å². The number of halogens is 6.